The zero-order valence-corrected chi connectivity index (χ0v) is 14.6. The van der Waals surface area contributed by atoms with Crippen LogP contribution in [0.2, 0.25) is 0 Å². The van der Waals surface area contributed by atoms with Gasteiger partial charge in [0.15, 0.2) is 0 Å². The molecule has 1 saturated heterocycles. The van der Waals surface area contributed by atoms with E-state index in [0.717, 1.165) is 6.42 Å². The van der Waals surface area contributed by atoms with Crippen molar-refractivity contribution in [3.05, 3.63) is 12.7 Å². The van der Waals surface area contributed by atoms with Crippen molar-refractivity contribution in [2.75, 3.05) is 6.61 Å². The standard InChI is InChI=1S/C10H15NO4.C8H16/c1-2-3-7(12)6-9(13)11-8-4-5-15-10(8)14;1-3-5-7-8-6-4-2/h8H,2-6H2,1H3,(H,11,13);3H,1,4-8H2,2H3/t8-;/m0./s1. The number of esters is 1. The third-order valence-corrected chi connectivity index (χ3v) is 3.42. The molecule has 0 aromatic carbocycles. The molecule has 1 aliphatic rings. The molecule has 1 amide bonds. The predicted molar refractivity (Wildman–Crippen MR) is 91.0 cm³/mol. The van der Waals surface area contributed by atoms with Crippen LogP contribution in [0.15, 0.2) is 12.7 Å². The van der Waals surface area contributed by atoms with Crippen LogP contribution in [0, 0.1) is 0 Å². The van der Waals surface area contributed by atoms with Crippen LogP contribution in [0.3, 0.4) is 0 Å². The summed E-state index contributed by atoms with van der Waals surface area (Å²) in [6.45, 7) is 8.11. The molecule has 0 spiro atoms. The van der Waals surface area contributed by atoms with Gasteiger partial charge in [-0.2, -0.15) is 0 Å². The van der Waals surface area contributed by atoms with Gasteiger partial charge in [0.25, 0.3) is 0 Å². The molecule has 0 saturated carbocycles. The molecule has 1 rings (SSSR count). The number of allylic oxidation sites excluding steroid dienone is 1. The zero-order chi connectivity index (χ0) is 17.5. The highest BCUT2D eigenvalue weighted by Crippen LogP contribution is 2.06. The van der Waals surface area contributed by atoms with Crippen LogP contribution in [0.1, 0.15) is 71.6 Å². The zero-order valence-electron chi connectivity index (χ0n) is 14.6. The van der Waals surface area contributed by atoms with Gasteiger partial charge in [0.2, 0.25) is 5.91 Å². The lowest BCUT2D eigenvalue weighted by atomic mass is 10.1. The third kappa shape index (κ3) is 11.6. The smallest absolute Gasteiger partial charge is 0.328 e. The van der Waals surface area contributed by atoms with Crippen molar-refractivity contribution >= 4 is 17.7 Å². The number of carbonyl (C=O) groups is 3. The van der Waals surface area contributed by atoms with Crippen molar-refractivity contribution in [1.82, 2.24) is 5.32 Å². The average Bonchev–Trinajstić information content (AvgIpc) is 2.90. The maximum atomic E-state index is 11.3. The number of unbranched alkanes of at least 4 members (excludes halogenated alkanes) is 4. The summed E-state index contributed by atoms with van der Waals surface area (Å²) in [6.07, 6.45) is 10.1. The first-order valence-electron chi connectivity index (χ1n) is 8.63. The summed E-state index contributed by atoms with van der Waals surface area (Å²) in [5, 5.41) is 2.48. The van der Waals surface area contributed by atoms with Gasteiger partial charge in [-0.15, -0.1) is 6.58 Å². The molecule has 1 heterocycles. The molecule has 0 bridgehead atoms. The van der Waals surface area contributed by atoms with E-state index < -0.39 is 17.9 Å². The molecule has 1 aliphatic heterocycles. The van der Waals surface area contributed by atoms with Gasteiger partial charge < -0.3 is 10.1 Å². The topological polar surface area (TPSA) is 72.5 Å². The highest BCUT2D eigenvalue weighted by Gasteiger charge is 2.28. The fourth-order valence-electron chi connectivity index (χ4n) is 2.13. The molecular weight excluding hydrogens is 294 g/mol. The average molecular weight is 325 g/mol. The van der Waals surface area contributed by atoms with E-state index in [9.17, 15) is 14.4 Å². The second kappa shape index (κ2) is 14.0. The molecule has 23 heavy (non-hydrogen) atoms. The Bertz CT molecular complexity index is 379. The molecule has 0 radical (unpaired) electrons. The van der Waals surface area contributed by atoms with Gasteiger partial charge in [-0.25, -0.2) is 4.79 Å². The van der Waals surface area contributed by atoms with Gasteiger partial charge in [-0.1, -0.05) is 39.2 Å². The Morgan fingerprint density at radius 1 is 1.26 bits per heavy atom. The molecule has 1 fully saturated rings. The summed E-state index contributed by atoms with van der Waals surface area (Å²) in [4.78, 5) is 33.4. The number of Topliss-reactive ketones (excluding diaryl/α,β-unsaturated/α-hetero) is 1. The van der Waals surface area contributed by atoms with Crippen molar-refractivity contribution < 1.29 is 19.1 Å². The van der Waals surface area contributed by atoms with Gasteiger partial charge in [0.05, 0.1) is 13.0 Å². The predicted octanol–water partition coefficient (Wildman–Crippen LogP) is 3.32. The maximum absolute atomic E-state index is 11.3. The molecule has 1 atom stereocenters. The summed E-state index contributed by atoms with van der Waals surface area (Å²) >= 11 is 0. The minimum absolute atomic E-state index is 0.0960. The van der Waals surface area contributed by atoms with Gasteiger partial charge in [-0.3, -0.25) is 9.59 Å². The van der Waals surface area contributed by atoms with E-state index in [4.69, 9.17) is 0 Å². The Kier molecular flexibility index (Phi) is 13.0. The first-order chi connectivity index (χ1) is 11.0. The molecular formula is C18H31NO4. The largest absolute Gasteiger partial charge is 0.464 e. The Morgan fingerprint density at radius 3 is 2.52 bits per heavy atom. The number of cyclic esters (lactones) is 1. The molecule has 5 nitrogen and oxygen atoms in total. The minimum Gasteiger partial charge on any atom is -0.464 e. The number of hydrogen-bond donors (Lipinski definition) is 1. The van der Waals surface area contributed by atoms with E-state index >= 15 is 0 Å². The number of carbonyl (C=O) groups excluding carboxylic acids is 3. The quantitative estimate of drug-likeness (QED) is 0.289. The van der Waals surface area contributed by atoms with Gasteiger partial charge >= 0.3 is 5.97 Å². The van der Waals surface area contributed by atoms with Gasteiger partial charge in [0, 0.05) is 12.8 Å². The number of ketones is 1. The number of amides is 1. The molecule has 132 valence electrons. The van der Waals surface area contributed by atoms with Crippen LogP contribution in [-0.2, 0) is 19.1 Å². The Morgan fingerprint density at radius 2 is 2.00 bits per heavy atom. The molecule has 0 unspecified atom stereocenters. The summed E-state index contributed by atoms with van der Waals surface area (Å²) in [6, 6.07) is -0.563. The van der Waals surface area contributed by atoms with Crippen LogP contribution in [0.4, 0.5) is 0 Å². The number of nitrogens with one attached hydrogen (secondary N) is 1. The minimum atomic E-state index is -0.563. The molecule has 0 aliphatic carbocycles. The summed E-state index contributed by atoms with van der Waals surface area (Å²) in [5.41, 5.74) is 0. The molecule has 0 aromatic heterocycles. The number of hydrogen-bond acceptors (Lipinski definition) is 4. The maximum Gasteiger partial charge on any atom is 0.328 e. The molecule has 1 N–H and O–H groups in total. The van der Waals surface area contributed by atoms with Crippen molar-refractivity contribution in [2.24, 2.45) is 0 Å². The third-order valence-electron chi connectivity index (χ3n) is 3.42. The van der Waals surface area contributed by atoms with E-state index in [-0.39, 0.29) is 12.2 Å². The van der Waals surface area contributed by atoms with Crippen molar-refractivity contribution in [3.8, 4) is 0 Å². The second-order valence-corrected chi connectivity index (χ2v) is 5.68. The first-order valence-corrected chi connectivity index (χ1v) is 8.63. The lowest BCUT2D eigenvalue weighted by molar-refractivity contribution is -0.142. The first kappa shape index (κ1) is 21.4. The normalized spacial score (nSPS) is 16.1. The highest BCUT2D eigenvalue weighted by atomic mass is 16.5. The van der Waals surface area contributed by atoms with Crippen LogP contribution >= 0.6 is 0 Å². The van der Waals surface area contributed by atoms with Crippen LogP contribution in [0.25, 0.3) is 0 Å². The van der Waals surface area contributed by atoms with Crippen LogP contribution < -0.4 is 5.32 Å². The van der Waals surface area contributed by atoms with E-state index in [2.05, 4.69) is 23.6 Å². The van der Waals surface area contributed by atoms with E-state index in [1.807, 2.05) is 13.0 Å². The fourth-order valence-corrected chi connectivity index (χ4v) is 2.13. The van der Waals surface area contributed by atoms with E-state index in [0.29, 0.717) is 19.4 Å². The van der Waals surface area contributed by atoms with Gasteiger partial charge in [-0.05, 0) is 19.3 Å². The number of rotatable bonds is 10. The lowest BCUT2D eigenvalue weighted by Crippen LogP contribution is -2.38. The monoisotopic (exact) mass is 325 g/mol. The van der Waals surface area contributed by atoms with Gasteiger partial charge in [0.1, 0.15) is 11.8 Å². The Hall–Kier alpha value is -1.65. The lowest BCUT2D eigenvalue weighted by Gasteiger charge is -2.07. The summed E-state index contributed by atoms with van der Waals surface area (Å²) in [7, 11) is 0. The molecule has 0 aromatic rings. The summed E-state index contributed by atoms with van der Waals surface area (Å²) < 4.78 is 4.68. The molecule has 5 heteroatoms. The van der Waals surface area contributed by atoms with Crippen molar-refractivity contribution in [3.63, 3.8) is 0 Å². The summed E-state index contributed by atoms with van der Waals surface area (Å²) in [5.74, 6) is -0.898. The van der Waals surface area contributed by atoms with Crippen LogP contribution in [-0.4, -0.2) is 30.3 Å². The highest BCUT2D eigenvalue weighted by molar-refractivity contribution is 5.99. The fraction of sp³-hybridized carbons (Fsp3) is 0.722. The van der Waals surface area contributed by atoms with E-state index in [1.54, 1.807) is 0 Å². The Balaban J connectivity index is 0.000000515. The SMILES string of the molecule is C=CCCCCCC.CCCC(=O)CC(=O)N[C@H]1CCOC1=O. The Labute approximate surface area is 139 Å². The van der Waals surface area contributed by atoms with Crippen LogP contribution in [0.5, 0.6) is 0 Å². The van der Waals surface area contributed by atoms with Crippen molar-refractivity contribution in [1.29, 1.82) is 0 Å². The van der Waals surface area contributed by atoms with E-state index in [1.165, 1.54) is 32.1 Å². The number of ether oxygens (including phenoxy) is 1. The van der Waals surface area contributed by atoms with Crippen molar-refractivity contribution in [2.45, 2.75) is 77.7 Å². The second-order valence-electron chi connectivity index (χ2n) is 5.68.